The number of halogens is 2. The second kappa shape index (κ2) is 2.81. The van der Waals surface area contributed by atoms with Crippen LogP contribution in [-0.4, -0.2) is 11.1 Å². The molecule has 56 valence electrons. The Bertz CT molecular complexity index is 184. The van der Waals surface area contributed by atoms with E-state index in [1.165, 1.54) is 0 Å². The molecule has 0 amide bonds. The molecule has 1 rings (SSSR count). The lowest BCUT2D eigenvalue weighted by Gasteiger charge is -1.84. The van der Waals surface area contributed by atoms with Gasteiger partial charge < -0.3 is 5.11 Å². The lowest BCUT2D eigenvalue weighted by Crippen LogP contribution is -1.97. The van der Waals surface area contributed by atoms with Gasteiger partial charge in [0.15, 0.2) is 0 Å². The van der Waals surface area contributed by atoms with Gasteiger partial charge in [-0.15, -0.1) is 0 Å². The Morgan fingerprint density at radius 3 is 2.50 bits per heavy atom. The van der Waals surface area contributed by atoms with Gasteiger partial charge in [-0.05, 0) is 12.3 Å². The number of carbonyl (C=O) groups is 1. The van der Waals surface area contributed by atoms with Crippen LogP contribution >= 0.6 is 23.2 Å². The zero-order valence-electron chi connectivity index (χ0n) is 5.05. The fourth-order valence-electron chi connectivity index (χ4n) is 0.845. The molecule has 0 saturated heterocycles. The molecule has 2 atom stereocenters. The smallest absolute Gasteiger partial charge is 0.307 e. The molecule has 1 N–H and O–H groups in total. The molecule has 10 heavy (non-hydrogen) atoms. The Kier molecular flexibility index (Phi) is 2.21. The van der Waals surface area contributed by atoms with Crippen LogP contribution in [0.2, 0.25) is 0 Å². The number of rotatable bonds is 2. The van der Waals surface area contributed by atoms with E-state index >= 15 is 0 Å². The molecule has 0 aliphatic heterocycles. The van der Waals surface area contributed by atoms with Crippen molar-refractivity contribution in [1.29, 1.82) is 0 Å². The third kappa shape index (κ3) is 1.89. The Morgan fingerprint density at radius 1 is 1.60 bits per heavy atom. The van der Waals surface area contributed by atoms with E-state index in [1.54, 1.807) is 6.08 Å². The summed E-state index contributed by atoms with van der Waals surface area (Å²) in [5.74, 6) is -0.967. The zero-order chi connectivity index (χ0) is 7.72. The van der Waals surface area contributed by atoms with Crippen molar-refractivity contribution in [1.82, 2.24) is 0 Å². The Hall–Kier alpha value is -0.210. The van der Waals surface area contributed by atoms with E-state index in [0.717, 1.165) is 0 Å². The first kappa shape index (κ1) is 7.89. The molecule has 4 heteroatoms. The minimum Gasteiger partial charge on any atom is -0.481 e. The van der Waals surface area contributed by atoms with Gasteiger partial charge in [-0.2, -0.15) is 0 Å². The quantitative estimate of drug-likeness (QED) is 0.707. The van der Waals surface area contributed by atoms with E-state index in [1.807, 2.05) is 0 Å². The molecule has 0 aromatic heterocycles. The van der Waals surface area contributed by atoms with Gasteiger partial charge in [0.1, 0.15) is 4.49 Å². The van der Waals surface area contributed by atoms with Crippen molar-refractivity contribution < 1.29 is 9.90 Å². The molecular weight excluding hydrogens is 175 g/mol. The summed E-state index contributed by atoms with van der Waals surface area (Å²) in [6.07, 6.45) is 2.24. The number of aliphatic carboxylic acids is 1. The van der Waals surface area contributed by atoms with Gasteiger partial charge in [-0.25, -0.2) is 0 Å². The summed E-state index contributed by atoms with van der Waals surface area (Å²) >= 11 is 10.6. The first-order valence-electron chi connectivity index (χ1n) is 2.87. The lowest BCUT2D eigenvalue weighted by atomic mass is 10.3. The van der Waals surface area contributed by atoms with Crippen molar-refractivity contribution in [3.8, 4) is 0 Å². The molecule has 1 aliphatic rings. The maximum absolute atomic E-state index is 10.2. The van der Waals surface area contributed by atoms with Crippen LogP contribution in [0.15, 0.2) is 10.6 Å². The Balaban J connectivity index is 2.40. The van der Waals surface area contributed by atoms with Crippen molar-refractivity contribution in [3.05, 3.63) is 10.6 Å². The number of carboxylic acid groups (broad SMARTS) is 1. The van der Waals surface area contributed by atoms with Crippen molar-refractivity contribution >= 4 is 29.2 Å². The molecule has 0 radical (unpaired) electrons. The molecule has 1 fully saturated rings. The van der Waals surface area contributed by atoms with Gasteiger partial charge in [-0.1, -0.05) is 29.3 Å². The summed E-state index contributed by atoms with van der Waals surface area (Å²) in [4.78, 5) is 10.2. The number of carboxylic acids is 1. The molecule has 1 saturated carbocycles. The normalized spacial score (nSPS) is 29.4. The van der Waals surface area contributed by atoms with Crippen molar-refractivity contribution in [2.75, 3.05) is 0 Å². The predicted octanol–water partition coefficient (Wildman–Crippen LogP) is 2.03. The monoisotopic (exact) mass is 180 g/mol. The molecule has 2 nitrogen and oxygen atoms in total. The first-order valence-corrected chi connectivity index (χ1v) is 3.62. The van der Waals surface area contributed by atoms with E-state index in [0.29, 0.717) is 6.42 Å². The Labute approximate surface area is 68.4 Å². The summed E-state index contributed by atoms with van der Waals surface area (Å²) in [6, 6.07) is 0. The summed E-state index contributed by atoms with van der Waals surface area (Å²) in [5, 5.41) is 8.42. The highest BCUT2D eigenvalue weighted by atomic mass is 35.5. The summed E-state index contributed by atoms with van der Waals surface area (Å²) in [7, 11) is 0. The second-order valence-corrected chi connectivity index (χ2v) is 3.31. The molecule has 1 aliphatic carbocycles. The second-order valence-electron chi connectivity index (χ2n) is 2.30. The molecule has 0 spiro atoms. The number of hydrogen-bond acceptors (Lipinski definition) is 1. The van der Waals surface area contributed by atoms with Gasteiger partial charge in [0, 0.05) is 0 Å². The van der Waals surface area contributed by atoms with Gasteiger partial charge in [-0.3, -0.25) is 4.79 Å². The molecular formula is C6H6Cl2O2. The highest BCUT2D eigenvalue weighted by Gasteiger charge is 2.41. The van der Waals surface area contributed by atoms with Crippen LogP contribution in [-0.2, 0) is 4.79 Å². The van der Waals surface area contributed by atoms with Crippen LogP contribution in [0.4, 0.5) is 0 Å². The zero-order valence-corrected chi connectivity index (χ0v) is 6.56. The van der Waals surface area contributed by atoms with Gasteiger partial charge >= 0.3 is 5.97 Å². The Morgan fingerprint density at radius 2 is 2.20 bits per heavy atom. The van der Waals surface area contributed by atoms with Crippen molar-refractivity contribution in [2.24, 2.45) is 11.8 Å². The van der Waals surface area contributed by atoms with Crippen LogP contribution in [0.25, 0.3) is 0 Å². The minimum atomic E-state index is -0.768. The van der Waals surface area contributed by atoms with Crippen LogP contribution in [0.3, 0.4) is 0 Å². The summed E-state index contributed by atoms with van der Waals surface area (Å²) in [6.45, 7) is 0. The number of hydrogen-bond donors (Lipinski definition) is 1. The summed E-state index contributed by atoms with van der Waals surface area (Å²) in [5.41, 5.74) is 0. The van der Waals surface area contributed by atoms with Gasteiger partial charge in [0.2, 0.25) is 0 Å². The topological polar surface area (TPSA) is 37.3 Å². The maximum Gasteiger partial charge on any atom is 0.307 e. The summed E-state index contributed by atoms with van der Waals surface area (Å²) < 4.78 is 0.161. The number of allylic oxidation sites excluding steroid dienone is 1. The van der Waals surface area contributed by atoms with E-state index in [4.69, 9.17) is 28.3 Å². The average Bonchev–Trinajstić information content (AvgIpc) is 2.43. The SMILES string of the molecule is O=C(O)[C@H]1C[C@@H]1C=C(Cl)Cl. The molecule has 0 bridgehead atoms. The highest BCUT2D eigenvalue weighted by Crippen LogP contribution is 2.41. The van der Waals surface area contributed by atoms with E-state index in [-0.39, 0.29) is 16.3 Å². The van der Waals surface area contributed by atoms with Crippen LogP contribution in [0.1, 0.15) is 6.42 Å². The third-order valence-corrected chi connectivity index (χ3v) is 1.75. The van der Waals surface area contributed by atoms with E-state index in [2.05, 4.69) is 0 Å². The van der Waals surface area contributed by atoms with Gasteiger partial charge in [0.05, 0.1) is 5.92 Å². The predicted molar refractivity (Wildman–Crippen MR) is 39.0 cm³/mol. The first-order chi connectivity index (χ1) is 4.61. The minimum absolute atomic E-state index is 0.0579. The third-order valence-electron chi connectivity index (χ3n) is 1.50. The molecule has 0 unspecified atom stereocenters. The maximum atomic E-state index is 10.2. The van der Waals surface area contributed by atoms with Crippen LogP contribution in [0.5, 0.6) is 0 Å². The largest absolute Gasteiger partial charge is 0.481 e. The highest BCUT2D eigenvalue weighted by molar-refractivity contribution is 6.55. The van der Waals surface area contributed by atoms with Crippen LogP contribution in [0, 0.1) is 11.8 Å². The van der Waals surface area contributed by atoms with Gasteiger partial charge in [0.25, 0.3) is 0 Å². The van der Waals surface area contributed by atoms with E-state index < -0.39 is 5.97 Å². The van der Waals surface area contributed by atoms with Crippen molar-refractivity contribution in [3.63, 3.8) is 0 Å². The van der Waals surface area contributed by atoms with Crippen LogP contribution < -0.4 is 0 Å². The fourth-order valence-corrected chi connectivity index (χ4v) is 1.17. The molecule has 0 aromatic carbocycles. The standard InChI is InChI=1S/C6H6Cl2O2/c7-5(8)2-3-1-4(3)6(9)10/h2-4H,1H2,(H,9,10)/t3-,4+/m1/s1. The molecule has 0 aromatic rings. The molecule has 0 heterocycles. The van der Waals surface area contributed by atoms with E-state index in [9.17, 15) is 4.79 Å². The lowest BCUT2D eigenvalue weighted by molar-refractivity contribution is -0.138. The average molecular weight is 181 g/mol. The fraction of sp³-hybridized carbons (Fsp3) is 0.500. The van der Waals surface area contributed by atoms with Crippen molar-refractivity contribution in [2.45, 2.75) is 6.42 Å².